The Morgan fingerprint density at radius 1 is 1.45 bits per heavy atom. The minimum atomic E-state index is -0.379. The van der Waals surface area contributed by atoms with E-state index in [0.29, 0.717) is 21.5 Å². The normalized spacial score (nSPS) is 10.6. The molecule has 0 unspecified atom stereocenters. The Hall–Kier alpha value is -1.69. The first kappa shape index (κ1) is 14.7. The van der Waals surface area contributed by atoms with Gasteiger partial charge in [0.25, 0.3) is 0 Å². The Morgan fingerprint density at radius 3 is 2.80 bits per heavy atom. The van der Waals surface area contributed by atoms with Gasteiger partial charge in [0.05, 0.1) is 12.1 Å². The lowest BCUT2D eigenvalue weighted by Crippen LogP contribution is -2.09. The Bertz CT molecular complexity index is 620. The van der Waals surface area contributed by atoms with Crippen LogP contribution in [-0.2, 0) is 22.6 Å². The molecule has 2 rings (SSSR count). The second-order valence-corrected chi connectivity index (χ2v) is 5.23. The highest BCUT2D eigenvalue weighted by molar-refractivity contribution is 9.10. The van der Waals surface area contributed by atoms with E-state index in [2.05, 4.69) is 21.1 Å². The number of hydrogen-bond donors (Lipinski definition) is 0. The number of aryl methyl sites for hydroxylation is 2. The molecule has 0 N–H and O–H groups in total. The van der Waals surface area contributed by atoms with E-state index in [1.807, 2.05) is 0 Å². The van der Waals surface area contributed by atoms with Gasteiger partial charge in [-0.3, -0.25) is 4.79 Å². The predicted octanol–water partition coefficient (Wildman–Crippen LogP) is 3.48. The van der Waals surface area contributed by atoms with E-state index in [0.717, 1.165) is 5.56 Å². The van der Waals surface area contributed by atoms with Gasteiger partial charge in [0.15, 0.2) is 0 Å². The SMILES string of the molecule is Cc1noc(C)c1CC(=O)OCc1ccc(F)cc1Br. The lowest BCUT2D eigenvalue weighted by atomic mass is 10.1. The lowest BCUT2D eigenvalue weighted by Gasteiger charge is -2.06. The molecule has 0 radical (unpaired) electrons. The molecule has 0 atom stereocenters. The molecule has 106 valence electrons. The summed E-state index contributed by atoms with van der Waals surface area (Å²) in [5.41, 5.74) is 2.13. The number of benzene rings is 1. The van der Waals surface area contributed by atoms with Crippen molar-refractivity contribution in [3.63, 3.8) is 0 Å². The molecule has 1 aromatic carbocycles. The Morgan fingerprint density at radius 2 is 2.20 bits per heavy atom. The molecule has 0 aliphatic carbocycles. The molecule has 0 fully saturated rings. The monoisotopic (exact) mass is 341 g/mol. The van der Waals surface area contributed by atoms with E-state index in [-0.39, 0.29) is 24.8 Å². The first-order chi connectivity index (χ1) is 9.47. The highest BCUT2D eigenvalue weighted by Crippen LogP contribution is 2.19. The molecule has 0 saturated heterocycles. The second-order valence-electron chi connectivity index (χ2n) is 4.38. The molecule has 6 heteroatoms. The van der Waals surface area contributed by atoms with Crippen LogP contribution >= 0.6 is 15.9 Å². The first-order valence-electron chi connectivity index (χ1n) is 5.98. The summed E-state index contributed by atoms with van der Waals surface area (Å²) in [6.45, 7) is 3.61. The minimum Gasteiger partial charge on any atom is -0.461 e. The molecule has 0 saturated carbocycles. The fraction of sp³-hybridized carbons (Fsp3) is 0.286. The van der Waals surface area contributed by atoms with Crippen LogP contribution in [0.5, 0.6) is 0 Å². The average Bonchev–Trinajstić information content (AvgIpc) is 2.69. The summed E-state index contributed by atoms with van der Waals surface area (Å²) in [5.74, 6) is -0.110. The van der Waals surface area contributed by atoms with Gasteiger partial charge in [-0.05, 0) is 26.0 Å². The number of rotatable bonds is 4. The van der Waals surface area contributed by atoms with E-state index in [4.69, 9.17) is 9.26 Å². The molecule has 4 nitrogen and oxygen atoms in total. The summed E-state index contributed by atoms with van der Waals surface area (Å²) in [4.78, 5) is 11.8. The van der Waals surface area contributed by atoms with Crippen molar-refractivity contribution in [2.24, 2.45) is 0 Å². The standard InChI is InChI=1S/C14H13BrFNO3/c1-8-12(9(2)20-17-8)6-14(18)19-7-10-3-4-11(16)5-13(10)15/h3-5H,6-7H2,1-2H3. The number of halogens is 2. The van der Waals surface area contributed by atoms with E-state index >= 15 is 0 Å². The van der Waals surface area contributed by atoms with Crippen molar-refractivity contribution in [3.8, 4) is 0 Å². The molecule has 20 heavy (non-hydrogen) atoms. The van der Waals surface area contributed by atoms with Gasteiger partial charge in [-0.15, -0.1) is 0 Å². The molecular formula is C14H13BrFNO3. The average molecular weight is 342 g/mol. The number of esters is 1. The fourth-order valence-corrected chi connectivity index (χ4v) is 2.21. The van der Waals surface area contributed by atoms with Crippen LogP contribution in [0.4, 0.5) is 4.39 Å². The van der Waals surface area contributed by atoms with Gasteiger partial charge in [-0.1, -0.05) is 27.2 Å². The number of aromatic nitrogens is 1. The maximum Gasteiger partial charge on any atom is 0.310 e. The highest BCUT2D eigenvalue weighted by Gasteiger charge is 2.14. The zero-order valence-electron chi connectivity index (χ0n) is 11.1. The molecule has 0 amide bonds. The van der Waals surface area contributed by atoms with Crippen LogP contribution in [0.3, 0.4) is 0 Å². The summed E-state index contributed by atoms with van der Waals surface area (Å²) < 4.78 is 23.7. The summed E-state index contributed by atoms with van der Waals surface area (Å²) in [6.07, 6.45) is 0.111. The van der Waals surface area contributed by atoms with Crippen molar-refractivity contribution < 1.29 is 18.4 Å². The van der Waals surface area contributed by atoms with Crippen LogP contribution < -0.4 is 0 Å². The number of carbonyl (C=O) groups is 1. The zero-order valence-corrected chi connectivity index (χ0v) is 12.7. The fourth-order valence-electron chi connectivity index (χ4n) is 1.75. The van der Waals surface area contributed by atoms with E-state index in [1.54, 1.807) is 19.9 Å². The van der Waals surface area contributed by atoms with E-state index in [1.165, 1.54) is 12.1 Å². The Kier molecular flexibility index (Phi) is 4.54. The summed E-state index contributed by atoms with van der Waals surface area (Å²) in [6, 6.07) is 4.22. The molecular weight excluding hydrogens is 329 g/mol. The van der Waals surface area contributed by atoms with Crippen molar-refractivity contribution in [1.29, 1.82) is 0 Å². The highest BCUT2D eigenvalue weighted by atomic mass is 79.9. The molecule has 1 aromatic heterocycles. The van der Waals surface area contributed by atoms with Crippen molar-refractivity contribution in [2.45, 2.75) is 26.9 Å². The topological polar surface area (TPSA) is 52.3 Å². The predicted molar refractivity (Wildman–Crippen MR) is 73.6 cm³/mol. The van der Waals surface area contributed by atoms with Crippen LogP contribution in [0.1, 0.15) is 22.6 Å². The van der Waals surface area contributed by atoms with E-state index < -0.39 is 0 Å². The second kappa shape index (κ2) is 6.17. The van der Waals surface area contributed by atoms with Gasteiger partial charge in [-0.2, -0.15) is 0 Å². The number of hydrogen-bond acceptors (Lipinski definition) is 4. The van der Waals surface area contributed by atoms with Crippen molar-refractivity contribution >= 4 is 21.9 Å². The molecule has 2 aromatic rings. The Balaban J connectivity index is 1.96. The Labute approximate surface area is 124 Å². The largest absolute Gasteiger partial charge is 0.461 e. The van der Waals surface area contributed by atoms with Crippen LogP contribution in [0, 0.1) is 19.7 Å². The lowest BCUT2D eigenvalue weighted by molar-refractivity contribution is -0.144. The number of ether oxygens (including phenoxy) is 1. The maximum atomic E-state index is 12.9. The third-order valence-electron chi connectivity index (χ3n) is 2.91. The first-order valence-corrected chi connectivity index (χ1v) is 6.78. The van der Waals surface area contributed by atoms with Crippen molar-refractivity contribution in [1.82, 2.24) is 5.16 Å². The van der Waals surface area contributed by atoms with Gasteiger partial charge in [0.2, 0.25) is 0 Å². The van der Waals surface area contributed by atoms with Crippen molar-refractivity contribution in [2.75, 3.05) is 0 Å². The summed E-state index contributed by atoms with van der Waals surface area (Å²) in [7, 11) is 0. The van der Waals surface area contributed by atoms with Crippen molar-refractivity contribution in [3.05, 3.63) is 51.1 Å². The third-order valence-corrected chi connectivity index (χ3v) is 3.64. The minimum absolute atomic E-state index is 0.0864. The summed E-state index contributed by atoms with van der Waals surface area (Å²) in [5, 5.41) is 3.78. The summed E-state index contributed by atoms with van der Waals surface area (Å²) >= 11 is 3.22. The van der Waals surface area contributed by atoms with Gasteiger partial charge >= 0.3 is 5.97 Å². The maximum absolute atomic E-state index is 12.9. The van der Waals surface area contributed by atoms with Crippen LogP contribution in [0.25, 0.3) is 0 Å². The van der Waals surface area contributed by atoms with Gasteiger partial charge in [0, 0.05) is 15.6 Å². The molecule has 0 bridgehead atoms. The van der Waals surface area contributed by atoms with Crippen LogP contribution in [0.15, 0.2) is 27.2 Å². The van der Waals surface area contributed by atoms with Gasteiger partial charge in [-0.25, -0.2) is 4.39 Å². The number of carbonyl (C=O) groups excluding carboxylic acids is 1. The smallest absolute Gasteiger partial charge is 0.310 e. The number of nitrogens with zero attached hydrogens (tertiary/aromatic N) is 1. The van der Waals surface area contributed by atoms with Crippen LogP contribution in [0.2, 0.25) is 0 Å². The quantitative estimate of drug-likeness (QED) is 0.799. The molecule has 0 aliphatic rings. The van der Waals surface area contributed by atoms with Gasteiger partial charge in [0.1, 0.15) is 18.2 Å². The third kappa shape index (κ3) is 3.45. The zero-order chi connectivity index (χ0) is 14.7. The molecule has 0 spiro atoms. The molecule has 1 heterocycles. The van der Waals surface area contributed by atoms with E-state index in [9.17, 15) is 9.18 Å². The van der Waals surface area contributed by atoms with Crippen LogP contribution in [-0.4, -0.2) is 11.1 Å². The van der Waals surface area contributed by atoms with Gasteiger partial charge < -0.3 is 9.26 Å². The molecule has 0 aliphatic heterocycles.